The average molecular weight is 243 g/mol. The lowest BCUT2D eigenvalue weighted by molar-refractivity contribution is 0.0540. The van der Waals surface area contributed by atoms with Crippen LogP contribution in [-0.4, -0.2) is 16.8 Å². The summed E-state index contributed by atoms with van der Waals surface area (Å²) in [6.07, 6.45) is 2.60. The molecule has 0 aliphatic carbocycles. The van der Waals surface area contributed by atoms with E-state index in [0.717, 1.165) is 12.8 Å². The van der Waals surface area contributed by atoms with Crippen molar-refractivity contribution in [2.24, 2.45) is 0 Å². The maximum absolute atomic E-state index is 11.6. The second kappa shape index (κ2) is 7.20. The van der Waals surface area contributed by atoms with Crippen molar-refractivity contribution in [2.75, 3.05) is 0 Å². The lowest BCUT2D eigenvalue weighted by Gasteiger charge is -2.21. The molecule has 0 saturated carbocycles. The Balaban J connectivity index is 4.50. The van der Waals surface area contributed by atoms with Crippen molar-refractivity contribution in [1.82, 2.24) is 5.32 Å². The molecule has 0 aromatic rings. The summed E-state index contributed by atoms with van der Waals surface area (Å²) >= 11 is 0. The highest BCUT2D eigenvalue weighted by molar-refractivity contribution is 5.70. The van der Waals surface area contributed by atoms with E-state index in [2.05, 4.69) is 12.2 Å². The molecule has 17 heavy (non-hydrogen) atoms. The first-order chi connectivity index (χ1) is 7.80. The van der Waals surface area contributed by atoms with Crippen molar-refractivity contribution in [1.29, 1.82) is 0 Å². The molecule has 0 saturated heterocycles. The molecule has 0 fully saturated rings. The molecule has 0 bridgehead atoms. The van der Waals surface area contributed by atoms with Gasteiger partial charge in [-0.15, -0.1) is 0 Å². The van der Waals surface area contributed by atoms with Crippen LogP contribution in [0.25, 0.3) is 0 Å². The zero-order valence-corrected chi connectivity index (χ0v) is 11.6. The van der Waals surface area contributed by atoms with Crippen LogP contribution in [0.1, 0.15) is 60.3 Å². The van der Waals surface area contributed by atoms with Crippen molar-refractivity contribution >= 4 is 6.09 Å². The number of nitrogens with one attached hydrogen (secondary N) is 1. The fourth-order valence-electron chi connectivity index (χ4n) is 1.27. The summed E-state index contributed by atoms with van der Waals surface area (Å²) in [4.78, 5) is 11.6. The highest BCUT2D eigenvalue weighted by Gasteiger charge is 2.17. The summed E-state index contributed by atoms with van der Waals surface area (Å²) < 4.78 is 5.15. The van der Waals surface area contributed by atoms with Crippen molar-refractivity contribution in [3.63, 3.8) is 0 Å². The van der Waals surface area contributed by atoms with Crippen LogP contribution in [0.5, 0.6) is 0 Å². The maximum Gasteiger partial charge on any atom is 0.411 e. The fourth-order valence-corrected chi connectivity index (χ4v) is 1.27. The van der Waals surface area contributed by atoms with Gasteiger partial charge in [-0.2, -0.15) is 0 Å². The molecule has 0 radical (unpaired) electrons. The van der Waals surface area contributed by atoms with Crippen LogP contribution in [0.3, 0.4) is 0 Å². The molecule has 0 aliphatic rings. The van der Waals surface area contributed by atoms with Gasteiger partial charge >= 0.3 is 6.09 Å². The van der Waals surface area contributed by atoms with E-state index >= 15 is 0 Å². The molecule has 0 spiro atoms. The van der Waals surface area contributed by atoms with E-state index in [4.69, 9.17) is 4.74 Å². The smallest absolute Gasteiger partial charge is 0.411 e. The number of aliphatic hydroxyl groups excluding tert-OH is 1. The largest absolute Gasteiger partial charge is 0.511 e. The summed E-state index contributed by atoms with van der Waals surface area (Å²) in [5, 5.41) is 12.3. The normalized spacial score (nSPS) is 13.0. The number of alkyl carbamates (subject to hydrolysis) is 1. The van der Waals surface area contributed by atoms with Gasteiger partial charge < -0.3 is 9.84 Å². The number of aliphatic hydroxyl groups is 1. The Morgan fingerprint density at radius 3 is 2.29 bits per heavy atom. The van der Waals surface area contributed by atoms with Crippen molar-refractivity contribution in [3.05, 3.63) is 11.5 Å². The number of unbranched alkanes of at least 4 members (excludes halogenated alkanes) is 1. The summed E-state index contributed by atoms with van der Waals surface area (Å²) in [5.41, 5.74) is 0.0468. The van der Waals surface area contributed by atoms with E-state index in [-0.39, 0.29) is 5.76 Å². The van der Waals surface area contributed by atoms with Crippen LogP contribution in [0.15, 0.2) is 11.5 Å². The van der Waals surface area contributed by atoms with Crippen molar-refractivity contribution < 1.29 is 14.6 Å². The Kier molecular flexibility index (Phi) is 6.69. The minimum Gasteiger partial charge on any atom is -0.511 e. The lowest BCUT2D eigenvalue weighted by Crippen LogP contribution is -2.32. The summed E-state index contributed by atoms with van der Waals surface area (Å²) in [6.45, 7) is 9.33. The quantitative estimate of drug-likeness (QED) is 0.720. The van der Waals surface area contributed by atoms with Crippen LogP contribution in [0.2, 0.25) is 0 Å². The zero-order valence-electron chi connectivity index (χ0n) is 11.6. The van der Waals surface area contributed by atoms with Gasteiger partial charge in [0.2, 0.25) is 0 Å². The summed E-state index contributed by atoms with van der Waals surface area (Å²) in [5.74, 6) is 0.226. The molecule has 0 aromatic heterocycles. The van der Waals surface area contributed by atoms with E-state index in [1.165, 1.54) is 0 Å². The Bertz CT molecular complexity index is 277. The molecule has 0 rings (SSSR count). The first-order valence-corrected chi connectivity index (χ1v) is 6.21. The van der Waals surface area contributed by atoms with E-state index in [1.54, 1.807) is 0 Å². The Morgan fingerprint density at radius 2 is 1.88 bits per heavy atom. The molecule has 4 heteroatoms. The number of hydrogen-bond acceptors (Lipinski definition) is 3. The minimum atomic E-state index is -0.526. The molecule has 0 aliphatic heterocycles. The monoisotopic (exact) mass is 243 g/mol. The third-order valence-electron chi connectivity index (χ3n) is 2.12. The van der Waals surface area contributed by atoms with Gasteiger partial charge in [-0.3, -0.25) is 5.32 Å². The highest BCUT2D eigenvalue weighted by Crippen LogP contribution is 2.13. The number of allylic oxidation sites excluding steroid dienone is 2. The van der Waals surface area contributed by atoms with Crippen LogP contribution >= 0.6 is 0 Å². The van der Waals surface area contributed by atoms with Crippen LogP contribution in [0.4, 0.5) is 4.79 Å². The number of ether oxygens (including phenoxy) is 1. The van der Waals surface area contributed by atoms with Gasteiger partial charge in [-0.25, -0.2) is 4.79 Å². The minimum absolute atomic E-state index is 0.226. The predicted molar refractivity (Wildman–Crippen MR) is 68.8 cm³/mol. The standard InChI is InChI=1S/C13H25NO3/c1-6-8-9-10(11(15)7-2)14-12(16)17-13(3,4)5/h15H,6-9H2,1-5H3,(H,14,16)/b11-10+. The third kappa shape index (κ3) is 7.66. The predicted octanol–water partition coefficient (Wildman–Crippen LogP) is 3.88. The molecule has 1 amide bonds. The van der Waals surface area contributed by atoms with Gasteiger partial charge in [-0.05, 0) is 33.6 Å². The first-order valence-electron chi connectivity index (χ1n) is 6.21. The van der Waals surface area contributed by atoms with E-state index in [1.807, 2.05) is 27.7 Å². The molecule has 0 aromatic carbocycles. The topological polar surface area (TPSA) is 58.6 Å². The molecule has 0 unspecified atom stereocenters. The van der Waals surface area contributed by atoms with Gasteiger partial charge in [0.15, 0.2) is 0 Å². The van der Waals surface area contributed by atoms with Crippen LogP contribution in [-0.2, 0) is 4.74 Å². The SMILES string of the molecule is CCCC/C(NC(=O)OC(C)(C)C)=C(\O)CC. The summed E-state index contributed by atoms with van der Waals surface area (Å²) in [6, 6.07) is 0. The average Bonchev–Trinajstić information content (AvgIpc) is 2.20. The molecule has 0 heterocycles. The van der Waals surface area contributed by atoms with Crippen LogP contribution in [0, 0.1) is 0 Å². The maximum atomic E-state index is 11.6. The van der Waals surface area contributed by atoms with Gasteiger partial charge in [-0.1, -0.05) is 20.3 Å². The molecular weight excluding hydrogens is 218 g/mol. The van der Waals surface area contributed by atoms with Crippen molar-refractivity contribution in [3.8, 4) is 0 Å². The Hall–Kier alpha value is -1.19. The Labute approximate surface area is 104 Å². The van der Waals surface area contributed by atoms with E-state index in [0.29, 0.717) is 18.5 Å². The lowest BCUT2D eigenvalue weighted by atomic mass is 10.1. The molecule has 4 nitrogen and oxygen atoms in total. The van der Waals surface area contributed by atoms with Crippen molar-refractivity contribution in [2.45, 2.75) is 65.9 Å². The number of amides is 1. The Morgan fingerprint density at radius 1 is 1.29 bits per heavy atom. The number of hydrogen-bond donors (Lipinski definition) is 2. The number of carbonyl (C=O) groups excluding carboxylic acids is 1. The molecule has 100 valence electrons. The van der Waals surface area contributed by atoms with Crippen LogP contribution < -0.4 is 5.32 Å². The van der Waals surface area contributed by atoms with E-state index < -0.39 is 11.7 Å². The van der Waals surface area contributed by atoms with E-state index in [9.17, 15) is 9.90 Å². The van der Waals surface area contributed by atoms with Gasteiger partial charge in [0, 0.05) is 6.42 Å². The highest BCUT2D eigenvalue weighted by atomic mass is 16.6. The second-order valence-electron chi connectivity index (χ2n) is 5.01. The molecule has 2 N–H and O–H groups in total. The van der Waals surface area contributed by atoms with Gasteiger partial charge in [0.1, 0.15) is 11.4 Å². The summed E-state index contributed by atoms with van der Waals surface area (Å²) in [7, 11) is 0. The first kappa shape index (κ1) is 15.8. The number of rotatable bonds is 5. The van der Waals surface area contributed by atoms with Gasteiger partial charge in [0.05, 0.1) is 5.70 Å². The second-order valence-corrected chi connectivity index (χ2v) is 5.01. The zero-order chi connectivity index (χ0) is 13.5. The van der Waals surface area contributed by atoms with Gasteiger partial charge in [0.25, 0.3) is 0 Å². The molecule has 0 atom stereocenters. The fraction of sp³-hybridized carbons (Fsp3) is 0.769. The third-order valence-corrected chi connectivity index (χ3v) is 2.12. The molecular formula is C13H25NO3. The number of carbonyl (C=O) groups is 1.